The number of rotatable bonds is 1. The maximum Gasteiger partial charge on any atom is 0.124 e. The van der Waals surface area contributed by atoms with Crippen LogP contribution in [0.2, 0.25) is 0 Å². The van der Waals surface area contributed by atoms with Crippen molar-refractivity contribution in [2.45, 2.75) is 32.3 Å². The number of fused-ring (bicyclic) bond motifs is 5. The molecule has 1 aliphatic rings. The normalized spacial score (nSPS) is 14.6. The van der Waals surface area contributed by atoms with Gasteiger partial charge in [-0.3, -0.25) is 0 Å². The molecular formula is C19H17FO. The van der Waals surface area contributed by atoms with Crippen LogP contribution < -0.4 is 0 Å². The van der Waals surface area contributed by atoms with Crippen LogP contribution in [0.15, 0.2) is 36.4 Å². The van der Waals surface area contributed by atoms with E-state index in [4.69, 9.17) is 0 Å². The predicted molar refractivity (Wildman–Crippen MR) is 84.0 cm³/mol. The zero-order valence-corrected chi connectivity index (χ0v) is 11.8. The van der Waals surface area contributed by atoms with Gasteiger partial charge in [0.1, 0.15) is 5.82 Å². The Morgan fingerprint density at radius 1 is 0.952 bits per heavy atom. The van der Waals surface area contributed by atoms with Crippen molar-refractivity contribution in [3.8, 4) is 0 Å². The molecule has 1 N–H and O–H groups in total. The van der Waals surface area contributed by atoms with Crippen molar-refractivity contribution in [1.29, 1.82) is 0 Å². The fraction of sp³-hybridized carbons (Fsp3) is 0.263. The highest BCUT2D eigenvalue weighted by Crippen LogP contribution is 2.35. The summed E-state index contributed by atoms with van der Waals surface area (Å²) in [5, 5.41) is 13.8. The monoisotopic (exact) mass is 280 g/mol. The Morgan fingerprint density at radius 3 is 2.62 bits per heavy atom. The standard InChI is InChI=1S/C19H17FO/c20-15-9-13-6-7-17-16-4-2-1-3-12(16)5-8-18(17)19(13)14(10-15)11-21/h5-10,21H,1-4,11H2. The van der Waals surface area contributed by atoms with Crippen LogP contribution in [0, 0.1) is 5.82 Å². The summed E-state index contributed by atoms with van der Waals surface area (Å²) < 4.78 is 13.6. The van der Waals surface area contributed by atoms with Gasteiger partial charge in [-0.2, -0.15) is 0 Å². The minimum atomic E-state index is -0.288. The number of halogens is 1. The summed E-state index contributed by atoms with van der Waals surface area (Å²) in [6, 6.07) is 11.4. The highest BCUT2D eigenvalue weighted by molar-refractivity contribution is 6.10. The molecule has 0 saturated heterocycles. The quantitative estimate of drug-likeness (QED) is 0.651. The molecule has 0 radical (unpaired) electrons. The first-order valence-corrected chi connectivity index (χ1v) is 7.54. The lowest BCUT2D eigenvalue weighted by Crippen LogP contribution is -2.03. The number of hydrogen-bond acceptors (Lipinski definition) is 1. The predicted octanol–water partition coefficient (Wildman–Crippen LogP) is 4.50. The van der Waals surface area contributed by atoms with Gasteiger partial charge >= 0.3 is 0 Å². The summed E-state index contributed by atoms with van der Waals surface area (Å²) in [6.07, 6.45) is 4.77. The lowest BCUT2D eigenvalue weighted by atomic mass is 9.86. The van der Waals surface area contributed by atoms with Crippen molar-refractivity contribution in [3.63, 3.8) is 0 Å². The van der Waals surface area contributed by atoms with Crippen LogP contribution in [0.1, 0.15) is 29.5 Å². The third kappa shape index (κ3) is 1.94. The Kier molecular flexibility index (Phi) is 2.93. The van der Waals surface area contributed by atoms with E-state index in [1.165, 1.54) is 35.4 Å². The van der Waals surface area contributed by atoms with E-state index in [1.807, 2.05) is 6.07 Å². The van der Waals surface area contributed by atoms with E-state index in [0.29, 0.717) is 5.56 Å². The van der Waals surface area contributed by atoms with Gasteiger partial charge in [-0.25, -0.2) is 4.39 Å². The van der Waals surface area contributed by atoms with E-state index < -0.39 is 0 Å². The molecule has 0 amide bonds. The molecular weight excluding hydrogens is 263 g/mol. The number of aliphatic hydroxyl groups is 1. The van der Waals surface area contributed by atoms with Gasteiger partial charge in [0, 0.05) is 0 Å². The summed E-state index contributed by atoms with van der Waals surface area (Å²) in [7, 11) is 0. The van der Waals surface area contributed by atoms with Gasteiger partial charge in [-0.15, -0.1) is 0 Å². The van der Waals surface area contributed by atoms with Crippen molar-refractivity contribution in [3.05, 3.63) is 58.9 Å². The smallest absolute Gasteiger partial charge is 0.124 e. The lowest BCUT2D eigenvalue weighted by molar-refractivity contribution is 0.283. The summed E-state index contributed by atoms with van der Waals surface area (Å²) in [4.78, 5) is 0. The summed E-state index contributed by atoms with van der Waals surface area (Å²) >= 11 is 0. The Morgan fingerprint density at radius 2 is 1.76 bits per heavy atom. The second-order valence-electron chi connectivity index (χ2n) is 5.89. The molecule has 21 heavy (non-hydrogen) atoms. The molecule has 0 fully saturated rings. The van der Waals surface area contributed by atoms with Crippen LogP contribution in [-0.2, 0) is 19.4 Å². The minimum Gasteiger partial charge on any atom is -0.392 e. The van der Waals surface area contributed by atoms with Crippen molar-refractivity contribution in [1.82, 2.24) is 0 Å². The van der Waals surface area contributed by atoms with E-state index >= 15 is 0 Å². The molecule has 2 heteroatoms. The van der Waals surface area contributed by atoms with Gasteiger partial charge in [0.05, 0.1) is 6.61 Å². The molecule has 106 valence electrons. The van der Waals surface area contributed by atoms with Crippen LogP contribution in [0.3, 0.4) is 0 Å². The first-order chi connectivity index (χ1) is 10.3. The second kappa shape index (κ2) is 4.81. The number of benzene rings is 3. The van der Waals surface area contributed by atoms with Gasteiger partial charge in [0.25, 0.3) is 0 Å². The van der Waals surface area contributed by atoms with Gasteiger partial charge in [-0.05, 0) is 76.1 Å². The van der Waals surface area contributed by atoms with Crippen molar-refractivity contribution in [2.24, 2.45) is 0 Å². The minimum absolute atomic E-state index is 0.134. The van der Waals surface area contributed by atoms with Crippen LogP contribution >= 0.6 is 0 Å². The zero-order chi connectivity index (χ0) is 14.4. The van der Waals surface area contributed by atoms with E-state index in [2.05, 4.69) is 18.2 Å². The van der Waals surface area contributed by atoms with E-state index in [9.17, 15) is 9.50 Å². The summed E-state index contributed by atoms with van der Waals surface area (Å²) in [5.74, 6) is -0.288. The van der Waals surface area contributed by atoms with E-state index in [1.54, 1.807) is 6.07 Å². The topological polar surface area (TPSA) is 20.2 Å². The Bertz CT molecular complexity index is 851. The molecule has 0 aromatic heterocycles. The average molecular weight is 280 g/mol. The highest BCUT2D eigenvalue weighted by atomic mass is 19.1. The van der Waals surface area contributed by atoms with Crippen LogP contribution in [0.4, 0.5) is 4.39 Å². The Balaban J connectivity index is 2.14. The van der Waals surface area contributed by atoms with Gasteiger partial charge in [-0.1, -0.05) is 24.3 Å². The second-order valence-corrected chi connectivity index (χ2v) is 5.89. The number of aryl methyl sites for hydroxylation is 2. The first-order valence-electron chi connectivity index (χ1n) is 7.54. The van der Waals surface area contributed by atoms with Crippen LogP contribution in [0.25, 0.3) is 21.5 Å². The molecule has 1 aliphatic carbocycles. The maximum absolute atomic E-state index is 13.6. The summed E-state index contributed by atoms with van der Waals surface area (Å²) in [6.45, 7) is -0.134. The van der Waals surface area contributed by atoms with Gasteiger partial charge in [0.2, 0.25) is 0 Å². The van der Waals surface area contributed by atoms with Crippen molar-refractivity contribution in [2.75, 3.05) is 0 Å². The molecule has 0 unspecified atom stereocenters. The van der Waals surface area contributed by atoms with Crippen molar-refractivity contribution >= 4 is 21.5 Å². The summed E-state index contributed by atoms with van der Waals surface area (Å²) in [5.41, 5.74) is 3.56. The maximum atomic E-state index is 13.6. The lowest BCUT2D eigenvalue weighted by Gasteiger charge is -2.19. The SMILES string of the molecule is OCc1cc(F)cc2ccc3c4c(ccc3c12)CCCC4. The fourth-order valence-electron chi connectivity index (χ4n) is 3.71. The molecule has 0 aliphatic heterocycles. The number of hydrogen-bond donors (Lipinski definition) is 1. The highest BCUT2D eigenvalue weighted by Gasteiger charge is 2.15. The third-order valence-corrected chi connectivity index (χ3v) is 4.66. The molecule has 3 aromatic rings. The average Bonchev–Trinajstić information content (AvgIpc) is 2.53. The van der Waals surface area contributed by atoms with Crippen molar-refractivity contribution < 1.29 is 9.50 Å². The molecule has 0 heterocycles. The van der Waals surface area contributed by atoms with Gasteiger partial charge < -0.3 is 5.11 Å². The first kappa shape index (κ1) is 12.8. The molecule has 1 nitrogen and oxygen atoms in total. The Hall–Kier alpha value is -1.93. The van der Waals surface area contributed by atoms with Crippen LogP contribution in [-0.4, -0.2) is 5.11 Å². The molecule has 0 spiro atoms. The van der Waals surface area contributed by atoms with Crippen LogP contribution in [0.5, 0.6) is 0 Å². The Labute approximate surface area is 123 Å². The zero-order valence-electron chi connectivity index (χ0n) is 11.8. The molecule has 4 rings (SSSR count). The molecule has 0 bridgehead atoms. The molecule has 3 aromatic carbocycles. The third-order valence-electron chi connectivity index (χ3n) is 4.66. The largest absolute Gasteiger partial charge is 0.392 e. The fourth-order valence-corrected chi connectivity index (χ4v) is 3.71. The molecule has 0 saturated carbocycles. The number of aliphatic hydroxyl groups excluding tert-OH is 1. The van der Waals surface area contributed by atoms with Gasteiger partial charge in [0.15, 0.2) is 0 Å². The van der Waals surface area contributed by atoms with E-state index in [0.717, 1.165) is 29.0 Å². The molecule has 0 atom stereocenters. The van der Waals surface area contributed by atoms with E-state index in [-0.39, 0.29) is 12.4 Å².